The summed E-state index contributed by atoms with van der Waals surface area (Å²) in [6.07, 6.45) is 6.48. The lowest BCUT2D eigenvalue weighted by molar-refractivity contribution is -0.146. The number of hydrogen-bond donors (Lipinski definition) is 4. The molecule has 1 saturated heterocycles. The van der Waals surface area contributed by atoms with Gasteiger partial charge in [0, 0.05) is 11.9 Å². The molecule has 0 aliphatic carbocycles. The Hall–Kier alpha value is -3.95. The van der Waals surface area contributed by atoms with Gasteiger partial charge in [0.25, 0.3) is 0 Å². The number of piperidine rings is 1. The van der Waals surface area contributed by atoms with Gasteiger partial charge in [-0.25, -0.2) is 4.98 Å². The summed E-state index contributed by atoms with van der Waals surface area (Å²) in [5, 5.41) is 18.0. The van der Waals surface area contributed by atoms with Crippen molar-refractivity contribution in [2.75, 3.05) is 17.6 Å². The molecule has 1 fully saturated rings. The van der Waals surface area contributed by atoms with Crippen LogP contribution in [0.4, 0.5) is 11.5 Å². The molecule has 1 aromatic carbocycles. The first-order chi connectivity index (χ1) is 15.0. The minimum Gasteiger partial charge on any atom is -0.383 e. The maximum Gasteiger partial charge on any atom is 0.314 e. The first-order valence-corrected chi connectivity index (χ1v) is 10.1. The van der Waals surface area contributed by atoms with Gasteiger partial charge in [-0.15, -0.1) is 0 Å². The number of fused-ring (bicyclic) bond motifs is 2. The number of aromatic nitrogens is 5. The highest BCUT2D eigenvalue weighted by Gasteiger charge is 2.34. The molecule has 10 heteroatoms. The number of aromatic amines is 2. The topological polar surface area (TPSA) is 146 Å². The fourth-order valence-corrected chi connectivity index (χ4v) is 4.25. The van der Waals surface area contributed by atoms with Crippen LogP contribution in [0.25, 0.3) is 21.8 Å². The number of nitrogens with one attached hydrogen (secondary N) is 3. The molecular formula is C21H22N8O2. The molecule has 1 aliphatic rings. The number of nitrogens with zero attached hydrogens (tertiary/aromatic N) is 4. The van der Waals surface area contributed by atoms with Crippen LogP contribution in [0, 0.1) is 5.92 Å². The third-order valence-electron chi connectivity index (χ3n) is 5.89. The highest BCUT2D eigenvalue weighted by Crippen LogP contribution is 2.34. The summed E-state index contributed by atoms with van der Waals surface area (Å²) in [6.45, 7) is 2.60. The van der Waals surface area contributed by atoms with E-state index < -0.39 is 11.8 Å². The second-order valence-corrected chi connectivity index (χ2v) is 8.04. The lowest BCUT2D eigenvalue weighted by atomic mass is 9.89. The number of likely N-dealkylation sites (tertiary alicyclic amines) is 1. The average Bonchev–Trinajstić information content (AvgIpc) is 3.44. The molecule has 4 aromatic rings. The van der Waals surface area contributed by atoms with E-state index in [9.17, 15) is 9.59 Å². The van der Waals surface area contributed by atoms with E-state index in [0.717, 1.165) is 29.3 Å². The van der Waals surface area contributed by atoms with Crippen LogP contribution in [0.2, 0.25) is 0 Å². The molecule has 0 bridgehead atoms. The van der Waals surface area contributed by atoms with Gasteiger partial charge in [0.05, 0.1) is 46.7 Å². The number of H-pyrrole nitrogens is 2. The van der Waals surface area contributed by atoms with Crippen molar-refractivity contribution in [1.29, 1.82) is 0 Å². The molecule has 31 heavy (non-hydrogen) atoms. The van der Waals surface area contributed by atoms with Crippen LogP contribution >= 0.6 is 0 Å². The van der Waals surface area contributed by atoms with Gasteiger partial charge in [-0.2, -0.15) is 10.2 Å². The van der Waals surface area contributed by atoms with Gasteiger partial charge in [0.15, 0.2) is 0 Å². The zero-order valence-corrected chi connectivity index (χ0v) is 16.9. The second kappa shape index (κ2) is 7.38. The summed E-state index contributed by atoms with van der Waals surface area (Å²) in [5.74, 6) is -0.685. The molecule has 3 aromatic heterocycles. The maximum atomic E-state index is 13.2. The minimum absolute atomic E-state index is 0.175. The fourth-order valence-electron chi connectivity index (χ4n) is 4.25. The number of pyridine rings is 1. The standard InChI is InChI=1S/C21H22N8O2/c1-11-2-5-17(12-3-4-15-13(6-12)7-24-27-15)29(10-11)21(31)20(30)26-16-9-23-19(22)14-8-25-28-18(14)16/h3-4,6-9,11,17H,2,5,10H2,1H3,(H2,22,23)(H,24,27)(H,25,28)(H,26,30)/t11-,17+/m0/s1. The van der Waals surface area contributed by atoms with Gasteiger partial charge in [-0.1, -0.05) is 13.0 Å². The molecule has 0 spiro atoms. The molecule has 10 nitrogen and oxygen atoms in total. The third-order valence-corrected chi connectivity index (χ3v) is 5.89. The Labute approximate surface area is 177 Å². The van der Waals surface area contributed by atoms with Gasteiger partial charge in [0.2, 0.25) is 0 Å². The van der Waals surface area contributed by atoms with E-state index in [4.69, 9.17) is 5.73 Å². The van der Waals surface area contributed by atoms with E-state index in [-0.39, 0.29) is 6.04 Å². The predicted molar refractivity (Wildman–Crippen MR) is 116 cm³/mol. The lowest BCUT2D eigenvalue weighted by Crippen LogP contribution is -2.46. The van der Waals surface area contributed by atoms with Crippen molar-refractivity contribution < 1.29 is 9.59 Å². The van der Waals surface area contributed by atoms with Crippen molar-refractivity contribution in [3.8, 4) is 0 Å². The van der Waals surface area contributed by atoms with Crippen molar-refractivity contribution in [1.82, 2.24) is 30.3 Å². The Kier molecular flexibility index (Phi) is 4.54. The fraction of sp³-hybridized carbons (Fsp3) is 0.286. The quantitative estimate of drug-likeness (QED) is 0.368. The van der Waals surface area contributed by atoms with Crippen LogP contribution in [0.5, 0.6) is 0 Å². The number of benzene rings is 1. The van der Waals surface area contributed by atoms with Gasteiger partial charge in [0.1, 0.15) is 5.82 Å². The first-order valence-electron chi connectivity index (χ1n) is 10.1. The number of rotatable bonds is 2. The van der Waals surface area contributed by atoms with E-state index in [1.807, 2.05) is 18.2 Å². The monoisotopic (exact) mass is 418 g/mol. The number of nitrogens with two attached hydrogens (primary N) is 1. The smallest absolute Gasteiger partial charge is 0.314 e. The van der Waals surface area contributed by atoms with Crippen LogP contribution in [0.15, 0.2) is 36.8 Å². The molecule has 2 amide bonds. The molecule has 5 rings (SSSR count). The summed E-state index contributed by atoms with van der Waals surface area (Å²) in [7, 11) is 0. The zero-order chi connectivity index (χ0) is 21.5. The second-order valence-electron chi connectivity index (χ2n) is 8.04. The third kappa shape index (κ3) is 3.35. The summed E-state index contributed by atoms with van der Waals surface area (Å²) in [5.41, 5.74) is 8.66. The predicted octanol–water partition coefficient (Wildman–Crippen LogP) is 2.35. The van der Waals surface area contributed by atoms with Crippen LogP contribution in [-0.2, 0) is 9.59 Å². The van der Waals surface area contributed by atoms with Crippen LogP contribution in [0.1, 0.15) is 31.4 Å². The van der Waals surface area contributed by atoms with Crippen molar-refractivity contribution in [3.05, 3.63) is 42.4 Å². The van der Waals surface area contributed by atoms with Crippen molar-refractivity contribution >= 4 is 45.1 Å². The highest BCUT2D eigenvalue weighted by atomic mass is 16.2. The van der Waals surface area contributed by atoms with Crippen LogP contribution in [-0.4, -0.2) is 48.6 Å². The first kappa shape index (κ1) is 19.0. The normalized spacial score (nSPS) is 19.1. The lowest BCUT2D eigenvalue weighted by Gasteiger charge is -2.38. The zero-order valence-electron chi connectivity index (χ0n) is 16.9. The Balaban J connectivity index is 1.42. The molecular weight excluding hydrogens is 396 g/mol. The molecule has 0 unspecified atom stereocenters. The van der Waals surface area contributed by atoms with E-state index >= 15 is 0 Å². The Morgan fingerprint density at radius 1 is 1.16 bits per heavy atom. The number of nitrogen functional groups attached to an aromatic ring is 1. The molecule has 2 atom stereocenters. The van der Waals surface area contributed by atoms with E-state index in [1.54, 1.807) is 11.1 Å². The summed E-state index contributed by atoms with van der Waals surface area (Å²) < 4.78 is 0. The average molecular weight is 418 g/mol. The van der Waals surface area contributed by atoms with E-state index in [0.29, 0.717) is 34.9 Å². The van der Waals surface area contributed by atoms with Crippen molar-refractivity contribution in [3.63, 3.8) is 0 Å². The van der Waals surface area contributed by atoms with E-state index in [1.165, 1.54) is 12.4 Å². The molecule has 158 valence electrons. The minimum atomic E-state index is -0.717. The number of anilines is 2. The summed E-state index contributed by atoms with van der Waals surface area (Å²) in [6, 6.07) is 5.78. The van der Waals surface area contributed by atoms with E-state index in [2.05, 4.69) is 37.6 Å². The maximum absolute atomic E-state index is 13.2. The molecule has 4 heterocycles. The van der Waals surface area contributed by atoms with Crippen molar-refractivity contribution in [2.24, 2.45) is 5.92 Å². The SMILES string of the molecule is C[C@H]1CC[C@H](c2ccc3[nH]ncc3c2)N(C(=O)C(=O)Nc2cnc(N)c3cn[nH]c23)C1. The van der Waals surface area contributed by atoms with Crippen LogP contribution in [0.3, 0.4) is 0 Å². The van der Waals surface area contributed by atoms with Gasteiger partial charge in [-0.05, 0) is 36.5 Å². The number of hydrogen-bond acceptors (Lipinski definition) is 6. The van der Waals surface area contributed by atoms with Crippen LogP contribution < -0.4 is 11.1 Å². The molecule has 0 radical (unpaired) electrons. The molecule has 0 saturated carbocycles. The van der Waals surface area contributed by atoms with Gasteiger partial charge in [-0.3, -0.25) is 19.8 Å². The van der Waals surface area contributed by atoms with Gasteiger partial charge >= 0.3 is 11.8 Å². The Morgan fingerprint density at radius 2 is 2.00 bits per heavy atom. The number of carbonyl (C=O) groups excluding carboxylic acids is 2. The van der Waals surface area contributed by atoms with Gasteiger partial charge < -0.3 is 16.0 Å². The molecule has 5 N–H and O–H groups in total. The number of amides is 2. The Morgan fingerprint density at radius 3 is 2.87 bits per heavy atom. The summed E-state index contributed by atoms with van der Waals surface area (Å²) >= 11 is 0. The summed E-state index contributed by atoms with van der Waals surface area (Å²) in [4.78, 5) is 31.9. The largest absolute Gasteiger partial charge is 0.383 e. The molecule has 1 aliphatic heterocycles. The van der Waals surface area contributed by atoms with Crippen molar-refractivity contribution in [2.45, 2.75) is 25.8 Å². The highest BCUT2D eigenvalue weighted by molar-refractivity contribution is 6.40. The number of carbonyl (C=O) groups is 2. The Bertz CT molecular complexity index is 1290.